The highest BCUT2D eigenvalue weighted by Crippen LogP contribution is 2.40. The minimum atomic E-state index is -4.40. The molecule has 1 saturated heterocycles. The largest absolute Gasteiger partial charge is 0.416 e. The number of urea groups is 1. The number of nitrogens with one attached hydrogen (secondary N) is 1. The van der Waals surface area contributed by atoms with Crippen LogP contribution in [0.5, 0.6) is 0 Å². The van der Waals surface area contributed by atoms with Crippen molar-refractivity contribution in [3.05, 3.63) is 64.7 Å². The Labute approximate surface area is 154 Å². The second-order valence-electron chi connectivity index (χ2n) is 6.29. The molecule has 2 amide bonds. The lowest BCUT2D eigenvalue weighted by Crippen LogP contribution is -2.34. The zero-order valence-electron chi connectivity index (χ0n) is 14.4. The Bertz CT molecular complexity index is 823. The third-order valence-electron chi connectivity index (χ3n) is 4.27. The normalized spacial score (nSPS) is 17.4. The van der Waals surface area contributed by atoms with Gasteiger partial charge in [0.05, 0.1) is 5.56 Å². The number of carbonyl (C=O) groups is 1. The van der Waals surface area contributed by atoms with Crippen molar-refractivity contribution in [3.8, 4) is 0 Å². The second kappa shape index (κ2) is 7.23. The molecule has 0 spiro atoms. The van der Waals surface area contributed by atoms with Gasteiger partial charge in [0.15, 0.2) is 0 Å². The first-order valence-electron chi connectivity index (χ1n) is 8.19. The van der Waals surface area contributed by atoms with Crippen molar-refractivity contribution in [1.29, 1.82) is 0 Å². The first-order chi connectivity index (χ1) is 12.3. The maximum atomic E-state index is 13.0. The Morgan fingerprint density at radius 1 is 1.19 bits per heavy atom. The van der Waals surface area contributed by atoms with Gasteiger partial charge in [-0.2, -0.15) is 13.2 Å². The van der Waals surface area contributed by atoms with Crippen molar-refractivity contribution in [3.63, 3.8) is 0 Å². The number of alkyl halides is 3. The van der Waals surface area contributed by atoms with Crippen molar-refractivity contribution < 1.29 is 18.0 Å². The highest BCUT2D eigenvalue weighted by Gasteiger charge is 2.34. The third kappa shape index (κ3) is 3.98. The van der Waals surface area contributed by atoms with Crippen LogP contribution in [0.4, 0.5) is 23.7 Å². The fraction of sp³-hybridized carbons (Fsp3) is 0.316. The van der Waals surface area contributed by atoms with Gasteiger partial charge in [0.1, 0.15) is 5.37 Å². The molecule has 0 saturated carbocycles. The average Bonchev–Trinajstić information content (AvgIpc) is 3.06. The van der Waals surface area contributed by atoms with Crippen LogP contribution < -0.4 is 5.32 Å². The molecule has 26 heavy (non-hydrogen) atoms. The summed E-state index contributed by atoms with van der Waals surface area (Å²) in [5, 5.41) is 2.45. The molecule has 0 aromatic heterocycles. The molecule has 138 valence electrons. The molecule has 0 radical (unpaired) electrons. The summed E-state index contributed by atoms with van der Waals surface area (Å²) in [5.74, 6) is 0.682. The first-order valence-corrected chi connectivity index (χ1v) is 9.24. The van der Waals surface area contributed by atoms with E-state index in [9.17, 15) is 18.0 Å². The Balaban J connectivity index is 1.81. The van der Waals surface area contributed by atoms with E-state index in [0.29, 0.717) is 23.5 Å². The number of nitrogens with zero attached hydrogens (tertiary/aromatic N) is 1. The highest BCUT2D eigenvalue weighted by atomic mass is 32.2. The third-order valence-corrected chi connectivity index (χ3v) is 5.54. The van der Waals surface area contributed by atoms with E-state index in [1.54, 1.807) is 11.0 Å². The van der Waals surface area contributed by atoms with Crippen LogP contribution in [-0.4, -0.2) is 23.2 Å². The molecular weight excluding hydrogens is 361 g/mol. The maximum absolute atomic E-state index is 13.0. The molecule has 1 aliphatic rings. The van der Waals surface area contributed by atoms with E-state index in [1.807, 2.05) is 32.0 Å². The molecule has 3 nitrogen and oxygen atoms in total. The van der Waals surface area contributed by atoms with Gasteiger partial charge in [0, 0.05) is 18.0 Å². The summed E-state index contributed by atoms with van der Waals surface area (Å²) >= 11 is 1.47. The van der Waals surface area contributed by atoms with Crippen LogP contribution in [0.25, 0.3) is 0 Å². The molecule has 1 aliphatic heterocycles. The van der Waals surface area contributed by atoms with E-state index in [4.69, 9.17) is 0 Å². The van der Waals surface area contributed by atoms with E-state index in [-0.39, 0.29) is 6.03 Å². The van der Waals surface area contributed by atoms with Crippen molar-refractivity contribution >= 4 is 23.5 Å². The quantitative estimate of drug-likeness (QED) is 0.735. The van der Waals surface area contributed by atoms with Crippen LogP contribution in [0.1, 0.15) is 27.6 Å². The molecule has 1 N–H and O–H groups in total. The molecule has 1 heterocycles. The number of halogens is 3. The number of anilines is 1. The average molecular weight is 380 g/mol. The van der Waals surface area contributed by atoms with Gasteiger partial charge in [-0.3, -0.25) is 0 Å². The summed E-state index contributed by atoms with van der Waals surface area (Å²) in [6.45, 7) is 4.37. The molecule has 0 unspecified atom stereocenters. The standard InChI is InChI=1S/C19H19F3N2OS/c1-12-6-7-16(13(2)10-12)23-18(25)24-8-9-26-17(24)14-4-3-5-15(11-14)19(20,21)22/h3-7,10-11,17H,8-9H2,1-2H3,(H,23,25)/t17-/m1/s1. The highest BCUT2D eigenvalue weighted by molar-refractivity contribution is 7.99. The van der Waals surface area contributed by atoms with Gasteiger partial charge in [-0.25, -0.2) is 4.79 Å². The van der Waals surface area contributed by atoms with Crippen LogP contribution in [0.15, 0.2) is 42.5 Å². The summed E-state index contributed by atoms with van der Waals surface area (Å²) < 4.78 is 38.9. The molecule has 1 fully saturated rings. The fourth-order valence-electron chi connectivity index (χ4n) is 2.96. The molecule has 2 aromatic carbocycles. The SMILES string of the molecule is Cc1ccc(NC(=O)N2CCS[C@@H]2c2cccc(C(F)(F)F)c2)c(C)c1. The zero-order valence-corrected chi connectivity index (χ0v) is 15.2. The predicted molar refractivity (Wildman–Crippen MR) is 98.3 cm³/mol. The molecule has 3 rings (SSSR count). The lowest BCUT2D eigenvalue weighted by atomic mass is 10.1. The number of carbonyl (C=O) groups excluding carboxylic acids is 1. The summed E-state index contributed by atoms with van der Waals surface area (Å²) in [6.07, 6.45) is -4.40. The van der Waals surface area contributed by atoms with E-state index >= 15 is 0 Å². The minimum Gasteiger partial charge on any atom is -0.308 e. The van der Waals surface area contributed by atoms with Crippen molar-refractivity contribution in [2.24, 2.45) is 0 Å². The summed E-state index contributed by atoms with van der Waals surface area (Å²) in [7, 11) is 0. The summed E-state index contributed by atoms with van der Waals surface area (Å²) in [4.78, 5) is 14.3. The van der Waals surface area contributed by atoms with Gasteiger partial charge in [-0.15, -0.1) is 11.8 Å². The van der Waals surface area contributed by atoms with Gasteiger partial charge in [0.25, 0.3) is 0 Å². The van der Waals surface area contributed by atoms with E-state index in [1.165, 1.54) is 17.8 Å². The van der Waals surface area contributed by atoms with E-state index in [0.717, 1.165) is 23.3 Å². The number of thioether (sulfide) groups is 1. The van der Waals surface area contributed by atoms with Crippen LogP contribution in [-0.2, 0) is 6.18 Å². The van der Waals surface area contributed by atoms with Crippen LogP contribution in [0.2, 0.25) is 0 Å². The monoisotopic (exact) mass is 380 g/mol. The van der Waals surface area contributed by atoms with Crippen LogP contribution in [0.3, 0.4) is 0 Å². The summed E-state index contributed by atoms with van der Waals surface area (Å²) in [6, 6.07) is 10.6. The Morgan fingerprint density at radius 2 is 1.96 bits per heavy atom. The van der Waals surface area contributed by atoms with Gasteiger partial charge < -0.3 is 10.2 Å². The number of rotatable bonds is 2. The number of benzene rings is 2. The zero-order chi connectivity index (χ0) is 18.9. The van der Waals surface area contributed by atoms with Crippen LogP contribution in [0, 0.1) is 13.8 Å². The van der Waals surface area contributed by atoms with Crippen molar-refractivity contribution in [2.45, 2.75) is 25.4 Å². The maximum Gasteiger partial charge on any atom is 0.416 e. The van der Waals surface area contributed by atoms with Crippen LogP contribution >= 0.6 is 11.8 Å². The van der Waals surface area contributed by atoms with Crippen molar-refractivity contribution in [1.82, 2.24) is 4.90 Å². The van der Waals surface area contributed by atoms with E-state index in [2.05, 4.69) is 5.32 Å². The Morgan fingerprint density at radius 3 is 2.65 bits per heavy atom. The Hall–Kier alpha value is -2.15. The van der Waals surface area contributed by atoms with Gasteiger partial charge in [-0.05, 0) is 43.2 Å². The number of aryl methyl sites for hydroxylation is 2. The lowest BCUT2D eigenvalue weighted by Gasteiger charge is -2.25. The molecular formula is C19H19F3N2OS. The Kier molecular flexibility index (Phi) is 5.18. The molecule has 2 aromatic rings. The van der Waals surface area contributed by atoms with Gasteiger partial charge in [0.2, 0.25) is 0 Å². The lowest BCUT2D eigenvalue weighted by molar-refractivity contribution is -0.137. The molecule has 1 atom stereocenters. The summed E-state index contributed by atoms with van der Waals surface area (Å²) in [5.41, 5.74) is 2.54. The number of hydrogen-bond donors (Lipinski definition) is 1. The molecule has 0 bridgehead atoms. The topological polar surface area (TPSA) is 32.3 Å². The minimum absolute atomic E-state index is 0.302. The first kappa shape index (κ1) is 18.6. The smallest absolute Gasteiger partial charge is 0.308 e. The number of amides is 2. The van der Waals surface area contributed by atoms with Gasteiger partial charge in [-0.1, -0.05) is 29.8 Å². The molecule has 0 aliphatic carbocycles. The predicted octanol–water partition coefficient (Wildman–Crippen LogP) is 5.60. The second-order valence-corrected chi connectivity index (χ2v) is 7.48. The number of hydrogen-bond acceptors (Lipinski definition) is 2. The molecule has 7 heteroatoms. The fourth-order valence-corrected chi connectivity index (χ4v) is 4.21. The van der Waals surface area contributed by atoms with E-state index < -0.39 is 17.1 Å². The van der Waals surface area contributed by atoms with Crippen molar-refractivity contribution in [2.75, 3.05) is 17.6 Å². The van der Waals surface area contributed by atoms with Gasteiger partial charge >= 0.3 is 12.2 Å².